The molecule has 1 aliphatic rings. The van der Waals surface area contributed by atoms with E-state index in [1.165, 1.54) is 5.69 Å². The second kappa shape index (κ2) is 8.76. The first-order valence-electron chi connectivity index (χ1n) is 10.0. The van der Waals surface area contributed by atoms with Gasteiger partial charge in [-0.3, -0.25) is 4.98 Å². The van der Waals surface area contributed by atoms with Gasteiger partial charge in [0.2, 0.25) is 0 Å². The average Bonchev–Trinajstić information content (AvgIpc) is 3.34. The maximum Gasteiger partial charge on any atom is 0.170 e. The van der Waals surface area contributed by atoms with Crippen molar-refractivity contribution in [2.45, 2.75) is 18.5 Å². The van der Waals surface area contributed by atoms with Gasteiger partial charge in [0.15, 0.2) is 5.11 Å². The highest BCUT2D eigenvalue weighted by atomic mass is 32.1. The van der Waals surface area contributed by atoms with Gasteiger partial charge >= 0.3 is 0 Å². The molecule has 0 spiro atoms. The van der Waals surface area contributed by atoms with E-state index in [2.05, 4.69) is 87.4 Å². The van der Waals surface area contributed by atoms with Gasteiger partial charge in [0.25, 0.3) is 0 Å². The Hall–Kier alpha value is -2.70. The molecule has 1 fully saturated rings. The number of benzene rings is 1. The Morgan fingerprint density at radius 1 is 1.03 bits per heavy atom. The van der Waals surface area contributed by atoms with Crippen molar-refractivity contribution in [1.29, 1.82) is 0 Å². The summed E-state index contributed by atoms with van der Waals surface area (Å²) in [6.07, 6.45) is 5.02. The topological polar surface area (TPSA) is 36.3 Å². The molecule has 29 heavy (non-hydrogen) atoms. The predicted octanol–water partition coefficient (Wildman–Crippen LogP) is 3.80. The van der Waals surface area contributed by atoms with Crippen molar-refractivity contribution in [3.63, 3.8) is 0 Å². The zero-order valence-corrected chi connectivity index (χ0v) is 17.7. The third kappa shape index (κ3) is 4.18. The first-order chi connectivity index (χ1) is 14.1. The molecule has 0 saturated carbocycles. The first kappa shape index (κ1) is 19.6. The number of para-hydroxylation sites is 1. The number of hydrogen-bond acceptors (Lipinski definition) is 3. The number of rotatable bonds is 7. The molecule has 1 aromatic carbocycles. The maximum atomic E-state index is 5.77. The Labute approximate surface area is 178 Å². The van der Waals surface area contributed by atoms with E-state index in [9.17, 15) is 0 Å². The van der Waals surface area contributed by atoms with Crippen molar-refractivity contribution < 1.29 is 0 Å². The summed E-state index contributed by atoms with van der Waals surface area (Å²) >= 11 is 5.77. The monoisotopic (exact) mass is 405 g/mol. The van der Waals surface area contributed by atoms with E-state index in [1.54, 1.807) is 0 Å². The molecule has 2 atom stereocenters. The molecule has 3 aromatic rings. The fourth-order valence-electron chi connectivity index (χ4n) is 3.98. The fraction of sp³-hybridized carbons (Fsp3) is 0.304. The standard InChI is InChI=1S/C23H27N5S/c1-26(2)15-9-17-28-22(21(25-23(28)29)19-12-6-7-14-24-19)20-13-8-16-27(20)18-10-4-3-5-11-18/h3-8,10-14,16,21-22H,9,15,17H2,1-2H3,(H,25,29). The molecule has 150 valence electrons. The number of nitrogens with one attached hydrogen (secondary N) is 1. The quantitative estimate of drug-likeness (QED) is 0.605. The second-order valence-corrected chi connectivity index (χ2v) is 8.00. The van der Waals surface area contributed by atoms with E-state index >= 15 is 0 Å². The summed E-state index contributed by atoms with van der Waals surface area (Å²) in [4.78, 5) is 9.17. The average molecular weight is 406 g/mol. The molecular formula is C23H27N5S. The summed E-state index contributed by atoms with van der Waals surface area (Å²) < 4.78 is 2.26. The lowest BCUT2D eigenvalue weighted by Gasteiger charge is -2.29. The predicted molar refractivity (Wildman–Crippen MR) is 121 cm³/mol. The zero-order chi connectivity index (χ0) is 20.2. The van der Waals surface area contributed by atoms with Crippen molar-refractivity contribution in [2.24, 2.45) is 0 Å². The molecule has 3 heterocycles. The summed E-state index contributed by atoms with van der Waals surface area (Å²) in [6.45, 7) is 1.93. The van der Waals surface area contributed by atoms with E-state index in [1.807, 2.05) is 24.4 Å². The minimum absolute atomic E-state index is 0.0143. The van der Waals surface area contributed by atoms with Crippen molar-refractivity contribution >= 4 is 17.3 Å². The highest BCUT2D eigenvalue weighted by Crippen LogP contribution is 2.39. The minimum Gasteiger partial charge on any atom is -0.352 e. The Morgan fingerprint density at radius 3 is 2.55 bits per heavy atom. The molecule has 6 heteroatoms. The summed E-state index contributed by atoms with van der Waals surface area (Å²) in [6, 6.07) is 20.9. The Morgan fingerprint density at radius 2 is 1.83 bits per heavy atom. The lowest BCUT2D eigenvalue weighted by atomic mass is 10.0. The van der Waals surface area contributed by atoms with Crippen LogP contribution < -0.4 is 5.32 Å². The van der Waals surface area contributed by atoms with Crippen molar-refractivity contribution in [3.05, 3.63) is 84.4 Å². The molecule has 1 aliphatic heterocycles. The number of hydrogen-bond donors (Lipinski definition) is 1. The molecule has 1 saturated heterocycles. The summed E-state index contributed by atoms with van der Waals surface area (Å²) in [5.74, 6) is 0. The van der Waals surface area contributed by atoms with Gasteiger partial charge in [-0.2, -0.15) is 0 Å². The molecule has 5 nitrogen and oxygen atoms in total. The molecule has 4 rings (SSSR count). The number of thiocarbonyl (C=S) groups is 1. The molecule has 1 N–H and O–H groups in total. The van der Waals surface area contributed by atoms with Gasteiger partial charge in [0.05, 0.1) is 17.8 Å². The number of pyridine rings is 1. The fourth-order valence-corrected chi connectivity index (χ4v) is 4.32. The van der Waals surface area contributed by atoms with Crippen LogP contribution in [0.15, 0.2) is 73.1 Å². The maximum absolute atomic E-state index is 5.77. The van der Waals surface area contributed by atoms with Gasteiger partial charge in [-0.1, -0.05) is 24.3 Å². The Balaban J connectivity index is 1.72. The van der Waals surface area contributed by atoms with Crippen LogP contribution in [0.4, 0.5) is 0 Å². The van der Waals surface area contributed by atoms with E-state index in [4.69, 9.17) is 12.2 Å². The summed E-state index contributed by atoms with van der Waals surface area (Å²) in [5.41, 5.74) is 3.37. The largest absolute Gasteiger partial charge is 0.352 e. The van der Waals surface area contributed by atoms with Crippen LogP contribution in [0.25, 0.3) is 5.69 Å². The number of nitrogens with zero attached hydrogens (tertiary/aromatic N) is 4. The van der Waals surface area contributed by atoms with Crippen molar-refractivity contribution in [2.75, 3.05) is 27.2 Å². The van der Waals surface area contributed by atoms with E-state index in [0.29, 0.717) is 0 Å². The van der Waals surface area contributed by atoms with Crippen LogP contribution in [0.3, 0.4) is 0 Å². The van der Waals surface area contributed by atoms with Gasteiger partial charge in [0.1, 0.15) is 0 Å². The van der Waals surface area contributed by atoms with Crippen LogP contribution in [0, 0.1) is 0 Å². The van der Waals surface area contributed by atoms with Gasteiger partial charge in [-0.25, -0.2) is 0 Å². The van der Waals surface area contributed by atoms with Crippen LogP contribution >= 0.6 is 12.2 Å². The van der Waals surface area contributed by atoms with Gasteiger partial charge in [-0.15, -0.1) is 0 Å². The van der Waals surface area contributed by atoms with E-state index in [-0.39, 0.29) is 12.1 Å². The Bertz CT molecular complexity index is 938. The smallest absolute Gasteiger partial charge is 0.170 e. The first-order valence-corrected chi connectivity index (χ1v) is 10.4. The SMILES string of the molecule is CN(C)CCCN1C(=S)NC(c2ccccn2)C1c1cccn1-c1ccccc1. The molecule has 0 aliphatic carbocycles. The lowest BCUT2D eigenvalue weighted by molar-refractivity contribution is 0.286. The molecule has 0 radical (unpaired) electrons. The van der Waals surface area contributed by atoms with Crippen LogP contribution in [0.1, 0.15) is 29.9 Å². The zero-order valence-electron chi connectivity index (χ0n) is 16.9. The lowest BCUT2D eigenvalue weighted by Crippen LogP contribution is -2.32. The van der Waals surface area contributed by atoms with Crippen molar-refractivity contribution in [1.82, 2.24) is 24.7 Å². The van der Waals surface area contributed by atoms with Crippen LogP contribution in [0.2, 0.25) is 0 Å². The molecular weight excluding hydrogens is 378 g/mol. The van der Waals surface area contributed by atoms with Gasteiger partial charge in [0, 0.05) is 30.3 Å². The van der Waals surface area contributed by atoms with Gasteiger partial charge < -0.3 is 19.7 Å². The van der Waals surface area contributed by atoms with E-state index < -0.39 is 0 Å². The minimum atomic E-state index is 0.0143. The van der Waals surface area contributed by atoms with Crippen LogP contribution in [-0.4, -0.2) is 51.6 Å². The van der Waals surface area contributed by atoms with Gasteiger partial charge in [-0.05, 0) is 75.7 Å². The van der Waals surface area contributed by atoms with Crippen molar-refractivity contribution in [3.8, 4) is 5.69 Å². The van der Waals surface area contributed by atoms with Crippen LogP contribution in [-0.2, 0) is 0 Å². The highest BCUT2D eigenvalue weighted by molar-refractivity contribution is 7.80. The summed E-state index contributed by atoms with van der Waals surface area (Å²) in [7, 11) is 4.21. The third-order valence-electron chi connectivity index (χ3n) is 5.32. The van der Waals surface area contributed by atoms with E-state index in [0.717, 1.165) is 36.0 Å². The van der Waals surface area contributed by atoms with Crippen LogP contribution in [0.5, 0.6) is 0 Å². The highest BCUT2D eigenvalue weighted by Gasteiger charge is 2.40. The summed E-state index contributed by atoms with van der Waals surface area (Å²) in [5, 5.41) is 4.34. The molecule has 0 bridgehead atoms. The second-order valence-electron chi connectivity index (χ2n) is 7.62. The molecule has 0 amide bonds. The Kier molecular flexibility index (Phi) is 5.92. The third-order valence-corrected chi connectivity index (χ3v) is 5.67. The number of aromatic nitrogens is 2. The molecule has 2 unspecified atom stereocenters. The molecule has 2 aromatic heterocycles. The normalized spacial score (nSPS) is 19.0.